The molecule has 39 heavy (non-hydrogen) atoms. The van der Waals surface area contributed by atoms with E-state index in [0.717, 1.165) is 16.7 Å². The largest absolute Gasteiger partial charge is 0.294 e. The predicted molar refractivity (Wildman–Crippen MR) is 148 cm³/mol. The van der Waals surface area contributed by atoms with Crippen LogP contribution in [0.5, 0.6) is 0 Å². The maximum absolute atomic E-state index is 14.3. The van der Waals surface area contributed by atoms with E-state index in [9.17, 15) is 9.59 Å². The number of amidine groups is 1. The zero-order valence-corrected chi connectivity index (χ0v) is 21.8. The van der Waals surface area contributed by atoms with Gasteiger partial charge in [-0.3, -0.25) is 29.4 Å². The van der Waals surface area contributed by atoms with E-state index in [2.05, 4.69) is 16.0 Å². The minimum Gasteiger partial charge on any atom is -0.294 e. The first kappa shape index (κ1) is 26.0. The molecule has 4 aromatic rings. The Morgan fingerprint density at radius 2 is 1.49 bits per heavy atom. The smallest absolute Gasteiger partial charge is 0.256 e. The molecule has 8 heteroatoms. The molecule has 2 aromatic heterocycles. The summed E-state index contributed by atoms with van der Waals surface area (Å²) in [6, 6.07) is 23.3. The molecule has 0 unspecified atom stereocenters. The first-order valence-electron chi connectivity index (χ1n) is 12.4. The molecule has 192 valence electrons. The maximum atomic E-state index is 14.3. The third-order valence-electron chi connectivity index (χ3n) is 6.67. The van der Waals surface area contributed by atoms with Gasteiger partial charge in [-0.05, 0) is 65.2 Å². The Morgan fingerprint density at radius 3 is 2.05 bits per heavy atom. The fraction of sp³-hybridized carbons (Fsp3) is 0.161. The Morgan fingerprint density at radius 1 is 0.872 bits per heavy atom. The standard InChI is InChI=1S/C31H24ClN5O2/c32-27-3-1-2-25(16-27)21-37-29(17-28(38)26-6-4-24(20-33)5-7-26)36-31(30(37)39,18-22-8-12-34-13-9-22)19-23-10-14-35-15-11-23/h1-16H,17-19,21H2. The number of pyridine rings is 2. The summed E-state index contributed by atoms with van der Waals surface area (Å²) in [5.41, 5.74) is 2.43. The molecule has 3 heterocycles. The zero-order valence-electron chi connectivity index (χ0n) is 21.0. The third kappa shape index (κ3) is 5.92. The van der Waals surface area contributed by atoms with Gasteiger partial charge >= 0.3 is 0 Å². The molecule has 1 aliphatic heterocycles. The minimum atomic E-state index is -1.15. The van der Waals surface area contributed by atoms with Crippen molar-refractivity contribution < 1.29 is 9.59 Å². The third-order valence-corrected chi connectivity index (χ3v) is 6.91. The van der Waals surface area contributed by atoms with Crippen molar-refractivity contribution in [3.05, 3.63) is 130 Å². The van der Waals surface area contributed by atoms with Gasteiger partial charge in [0.15, 0.2) is 5.78 Å². The van der Waals surface area contributed by atoms with Gasteiger partial charge in [0.1, 0.15) is 11.4 Å². The number of hydrogen-bond donors (Lipinski definition) is 0. The molecule has 2 aromatic carbocycles. The van der Waals surface area contributed by atoms with E-state index in [1.54, 1.807) is 66.1 Å². The number of ketones is 1. The number of nitriles is 1. The minimum absolute atomic E-state index is 0.0629. The number of benzene rings is 2. The molecule has 0 atom stereocenters. The Hall–Kier alpha value is -4.67. The number of nitrogens with zero attached hydrogens (tertiary/aromatic N) is 5. The lowest BCUT2D eigenvalue weighted by atomic mass is 9.85. The van der Waals surface area contributed by atoms with Crippen LogP contribution in [0.2, 0.25) is 5.02 Å². The van der Waals surface area contributed by atoms with E-state index in [0.29, 0.717) is 34.8 Å². The summed E-state index contributed by atoms with van der Waals surface area (Å²) in [6.45, 7) is 0.229. The molecule has 0 N–H and O–H groups in total. The molecule has 1 aliphatic rings. The van der Waals surface area contributed by atoms with Crippen LogP contribution < -0.4 is 0 Å². The Bertz CT molecular complexity index is 1520. The number of halogens is 1. The van der Waals surface area contributed by atoms with Crippen molar-refractivity contribution in [3.63, 3.8) is 0 Å². The number of aromatic nitrogens is 2. The van der Waals surface area contributed by atoms with Gasteiger partial charge in [-0.1, -0.05) is 35.9 Å². The number of carbonyl (C=O) groups excluding carboxylic acids is 2. The summed E-state index contributed by atoms with van der Waals surface area (Å²) >= 11 is 6.24. The molecule has 5 rings (SSSR count). The highest BCUT2D eigenvalue weighted by Gasteiger charge is 2.48. The van der Waals surface area contributed by atoms with Gasteiger partial charge < -0.3 is 0 Å². The average molecular weight is 534 g/mol. The van der Waals surface area contributed by atoms with Crippen LogP contribution >= 0.6 is 11.6 Å². The fourth-order valence-electron chi connectivity index (χ4n) is 4.79. The number of rotatable bonds is 9. The Kier molecular flexibility index (Phi) is 7.57. The number of hydrogen-bond acceptors (Lipinski definition) is 6. The molecule has 7 nitrogen and oxygen atoms in total. The van der Waals surface area contributed by atoms with Crippen LogP contribution in [0.1, 0.15) is 39.0 Å². The van der Waals surface area contributed by atoms with Crippen molar-refractivity contribution in [1.29, 1.82) is 5.26 Å². The second-order valence-corrected chi connectivity index (χ2v) is 9.87. The SMILES string of the molecule is N#Cc1ccc(C(=O)CC2=NC(Cc3ccncc3)(Cc3ccncc3)C(=O)N2Cc2cccc(Cl)c2)cc1. The average Bonchev–Trinajstić information content (AvgIpc) is 3.19. The number of carbonyl (C=O) groups is 2. The summed E-state index contributed by atoms with van der Waals surface area (Å²) in [5, 5.41) is 9.67. The second kappa shape index (κ2) is 11.4. The maximum Gasteiger partial charge on any atom is 0.256 e. The number of Topliss-reactive ketones (excluding diaryl/α,β-unsaturated/α-hetero) is 1. The van der Waals surface area contributed by atoms with E-state index >= 15 is 0 Å². The van der Waals surface area contributed by atoms with Gasteiger partial charge in [0, 0.05) is 48.2 Å². The van der Waals surface area contributed by atoms with E-state index < -0.39 is 5.54 Å². The van der Waals surface area contributed by atoms with Crippen LogP contribution in [0.3, 0.4) is 0 Å². The second-order valence-electron chi connectivity index (χ2n) is 9.43. The quantitative estimate of drug-likeness (QED) is 0.274. The van der Waals surface area contributed by atoms with Crippen molar-refractivity contribution in [2.45, 2.75) is 31.3 Å². The van der Waals surface area contributed by atoms with Crippen molar-refractivity contribution in [1.82, 2.24) is 14.9 Å². The van der Waals surface area contributed by atoms with Gasteiger partial charge in [0.25, 0.3) is 5.91 Å². The summed E-state index contributed by atoms with van der Waals surface area (Å²) in [7, 11) is 0. The van der Waals surface area contributed by atoms with Crippen LogP contribution in [0.4, 0.5) is 0 Å². The molecule has 1 amide bonds. The molecule has 0 saturated carbocycles. The van der Waals surface area contributed by atoms with Gasteiger partial charge in [0.05, 0.1) is 24.6 Å². The highest BCUT2D eigenvalue weighted by molar-refractivity contribution is 6.30. The molecule has 0 bridgehead atoms. The van der Waals surface area contributed by atoms with Crippen LogP contribution in [0, 0.1) is 11.3 Å². The number of aliphatic imine (C=N–C) groups is 1. The highest BCUT2D eigenvalue weighted by atomic mass is 35.5. The van der Waals surface area contributed by atoms with Gasteiger partial charge in [-0.2, -0.15) is 5.26 Å². The normalized spacial score (nSPS) is 14.1. The molecule has 0 saturated heterocycles. The summed E-state index contributed by atoms with van der Waals surface area (Å²) in [4.78, 5) is 42.5. The predicted octanol–water partition coefficient (Wildman–Crippen LogP) is 5.24. The van der Waals surface area contributed by atoms with Gasteiger partial charge in [0.2, 0.25) is 0 Å². The lowest BCUT2D eigenvalue weighted by Gasteiger charge is -2.27. The van der Waals surface area contributed by atoms with E-state index in [1.165, 1.54) is 0 Å². The van der Waals surface area contributed by atoms with E-state index in [1.807, 2.05) is 36.4 Å². The lowest BCUT2D eigenvalue weighted by Crippen LogP contribution is -2.45. The summed E-state index contributed by atoms with van der Waals surface area (Å²) < 4.78 is 0. The molecule has 0 fully saturated rings. The zero-order chi connectivity index (χ0) is 27.2. The van der Waals surface area contributed by atoms with Crippen LogP contribution in [-0.4, -0.2) is 37.9 Å². The molecule has 0 aliphatic carbocycles. The Labute approximate surface area is 231 Å². The van der Waals surface area contributed by atoms with E-state index in [-0.39, 0.29) is 24.7 Å². The van der Waals surface area contributed by atoms with Crippen molar-refractivity contribution in [2.75, 3.05) is 0 Å². The number of amides is 1. The van der Waals surface area contributed by atoms with Crippen molar-refractivity contribution in [3.8, 4) is 6.07 Å². The van der Waals surface area contributed by atoms with E-state index in [4.69, 9.17) is 21.9 Å². The van der Waals surface area contributed by atoms with Gasteiger partial charge in [-0.25, -0.2) is 0 Å². The van der Waals surface area contributed by atoms with Crippen LogP contribution in [0.15, 0.2) is 103 Å². The van der Waals surface area contributed by atoms with Crippen LogP contribution in [0.25, 0.3) is 0 Å². The summed E-state index contributed by atoms with van der Waals surface area (Å²) in [6.07, 6.45) is 7.39. The van der Waals surface area contributed by atoms with Gasteiger partial charge in [-0.15, -0.1) is 0 Å². The first-order chi connectivity index (χ1) is 19.0. The molecular formula is C31H24ClN5O2. The van der Waals surface area contributed by atoms with Crippen molar-refractivity contribution in [2.24, 2.45) is 4.99 Å². The fourth-order valence-corrected chi connectivity index (χ4v) is 5.00. The molecule has 0 radical (unpaired) electrons. The first-order valence-corrected chi connectivity index (χ1v) is 12.8. The Balaban J connectivity index is 1.55. The topological polar surface area (TPSA) is 99.3 Å². The summed E-state index contributed by atoms with van der Waals surface area (Å²) in [5.74, 6) is 0.0296. The molecule has 0 spiro atoms. The molecular weight excluding hydrogens is 510 g/mol. The lowest BCUT2D eigenvalue weighted by molar-refractivity contribution is -0.131. The van der Waals surface area contributed by atoms with Crippen molar-refractivity contribution >= 4 is 29.1 Å². The monoisotopic (exact) mass is 533 g/mol. The van der Waals surface area contributed by atoms with Crippen LogP contribution in [-0.2, 0) is 24.2 Å². The highest BCUT2D eigenvalue weighted by Crippen LogP contribution is 2.33.